The number of hydrogen-bond acceptors (Lipinski definition) is 4. The van der Waals surface area contributed by atoms with E-state index in [9.17, 15) is 4.79 Å². The van der Waals surface area contributed by atoms with Crippen molar-refractivity contribution in [2.24, 2.45) is 0 Å². The molecule has 2 heterocycles. The third-order valence-corrected chi connectivity index (χ3v) is 4.22. The number of carbonyl (C=O) groups is 1. The number of carboxylic acids is 1. The van der Waals surface area contributed by atoms with Crippen LogP contribution in [0.25, 0.3) is 16.2 Å². The Bertz CT molecular complexity index is 788. The average Bonchev–Trinajstić information content (AvgIpc) is 2.95. The molecule has 5 nitrogen and oxygen atoms in total. The number of rotatable bonds is 4. The standard InChI is InChI=1S/C15H14N2O3S/c1-9-5-10(3-4-13(9)20-2)12-8-17-7-11(6-14(18)19)21-15(17)16-12/h3-5,7-8H,6H2,1-2H3,(H,18,19). The second-order valence-corrected chi connectivity index (χ2v) is 5.86. The van der Waals surface area contributed by atoms with Gasteiger partial charge in [-0.3, -0.25) is 9.20 Å². The maximum atomic E-state index is 10.7. The first kappa shape index (κ1) is 13.6. The molecule has 6 heteroatoms. The molecule has 0 radical (unpaired) electrons. The number of nitrogens with zero attached hydrogens (tertiary/aromatic N) is 2. The van der Waals surface area contributed by atoms with Gasteiger partial charge in [-0.15, -0.1) is 11.3 Å². The summed E-state index contributed by atoms with van der Waals surface area (Å²) in [6.45, 7) is 1.99. The Kier molecular flexibility index (Phi) is 3.39. The van der Waals surface area contributed by atoms with E-state index in [2.05, 4.69) is 4.98 Å². The van der Waals surface area contributed by atoms with E-state index in [0.29, 0.717) is 0 Å². The lowest BCUT2D eigenvalue weighted by Crippen LogP contribution is -1.97. The molecule has 1 N–H and O–H groups in total. The number of thiazole rings is 1. The molecule has 3 aromatic rings. The van der Waals surface area contributed by atoms with Gasteiger partial charge in [0, 0.05) is 22.8 Å². The third-order valence-electron chi connectivity index (χ3n) is 3.22. The largest absolute Gasteiger partial charge is 0.496 e. The van der Waals surface area contributed by atoms with Crippen molar-refractivity contribution in [1.29, 1.82) is 0 Å². The van der Waals surface area contributed by atoms with Crippen molar-refractivity contribution in [1.82, 2.24) is 9.38 Å². The van der Waals surface area contributed by atoms with Gasteiger partial charge < -0.3 is 9.84 Å². The minimum absolute atomic E-state index is 0.0327. The van der Waals surface area contributed by atoms with E-state index in [1.807, 2.05) is 41.9 Å². The molecule has 0 aliphatic carbocycles. The molecule has 0 spiro atoms. The number of hydrogen-bond donors (Lipinski definition) is 1. The van der Waals surface area contributed by atoms with Crippen molar-refractivity contribution >= 4 is 22.3 Å². The second kappa shape index (κ2) is 5.21. The number of ether oxygens (including phenoxy) is 1. The van der Waals surface area contributed by atoms with Gasteiger partial charge in [0.25, 0.3) is 0 Å². The maximum Gasteiger partial charge on any atom is 0.308 e. The average molecular weight is 302 g/mol. The Morgan fingerprint density at radius 2 is 2.24 bits per heavy atom. The quantitative estimate of drug-likeness (QED) is 0.804. The number of imidazole rings is 1. The fraction of sp³-hybridized carbons (Fsp3) is 0.200. The summed E-state index contributed by atoms with van der Waals surface area (Å²) in [4.78, 5) is 16.9. The number of methoxy groups -OCH3 is 1. The molecule has 21 heavy (non-hydrogen) atoms. The highest BCUT2D eigenvalue weighted by molar-refractivity contribution is 7.17. The van der Waals surface area contributed by atoms with E-state index in [4.69, 9.17) is 9.84 Å². The lowest BCUT2D eigenvalue weighted by molar-refractivity contribution is -0.136. The Morgan fingerprint density at radius 1 is 1.43 bits per heavy atom. The van der Waals surface area contributed by atoms with Crippen LogP contribution in [0.1, 0.15) is 10.4 Å². The van der Waals surface area contributed by atoms with E-state index >= 15 is 0 Å². The molecule has 0 aliphatic rings. The molecule has 3 rings (SSSR count). The zero-order valence-corrected chi connectivity index (χ0v) is 12.5. The van der Waals surface area contributed by atoms with Crippen LogP contribution < -0.4 is 4.74 Å². The highest BCUT2D eigenvalue weighted by Crippen LogP contribution is 2.27. The summed E-state index contributed by atoms with van der Waals surface area (Å²) >= 11 is 1.40. The molecular formula is C15H14N2O3S. The molecule has 0 bridgehead atoms. The maximum absolute atomic E-state index is 10.7. The number of benzene rings is 1. The molecule has 0 saturated carbocycles. The second-order valence-electron chi connectivity index (χ2n) is 4.77. The fourth-order valence-electron chi connectivity index (χ4n) is 2.25. The van der Waals surface area contributed by atoms with Crippen LogP contribution in [0, 0.1) is 6.92 Å². The number of aliphatic carboxylic acids is 1. The van der Waals surface area contributed by atoms with Gasteiger partial charge in [0.2, 0.25) is 0 Å². The predicted octanol–water partition coefficient (Wildman–Crippen LogP) is 3.01. The van der Waals surface area contributed by atoms with Crippen molar-refractivity contribution in [3.05, 3.63) is 41.0 Å². The van der Waals surface area contributed by atoms with Crippen LogP contribution in [-0.2, 0) is 11.2 Å². The van der Waals surface area contributed by atoms with Gasteiger partial charge in [0.15, 0.2) is 4.96 Å². The van der Waals surface area contributed by atoms with Crippen LogP contribution in [0.3, 0.4) is 0 Å². The molecular weight excluding hydrogens is 288 g/mol. The van der Waals surface area contributed by atoms with Crippen LogP contribution in [0.4, 0.5) is 0 Å². The van der Waals surface area contributed by atoms with E-state index in [0.717, 1.165) is 32.4 Å². The third kappa shape index (κ3) is 2.62. The highest BCUT2D eigenvalue weighted by Gasteiger charge is 2.11. The Morgan fingerprint density at radius 3 is 2.86 bits per heavy atom. The van der Waals surface area contributed by atoms with Gasteiger partial charge in [-0.2, -0.15) is 0 Å². The SMILES string of the molecule is COc1ccc(-c2cn3cc(CC(=O)O)sc3n2)cc1C. The Balaban J connectivity index is 1.96. The normalized spacial score (nSPS) is 11.0. The number of carboxylic acid groups (broad SMARTS) is 1. The van der Waals surface area contributed by atoms with E-state index in [-0.39, 0.29) is 6.42 Å². The first-order valence-electron chi connectivity index (χ1n) is 6.41. The Hall–Kier alpha value is -2.34. The topological polar surface area (TPSA) is 63.8 Å². The van der Waals surface area contributed by atoms with E-state index in [1.165, 1.54) is 11.3 Å². The summed E-state index contributed by atoms with van der Waals surface area (Å²) in [5.41, 5.74) is 2.94. The summed E-state index contributed by atoms with van der Waals surface area (Å²) in [6.07, 6.45) is 3.77. The first-order chi connectivity index (χ1) is 10.1. The van der Waals surface area contributed by atoms with Crippen molar-refractivity contribution in [2.75, 3.05) is 7.11 Å². The van der Waals surface area contributed by atoms with Gasteiger partial charge in [-0.1, -0.05) is 0 Å². The number of aryl methyl sites for hydroxylation is 1. The molecule has 1 aromatic carbocycles. The van der Waals surface area contributed by atoms with Crippen LogP contribution >= 0.6 is 11.3 Å². The summed E-state index contributed by atoms with van der Waals surface area (Å²) < 4.78 is 7.13. The van der Waals surface area contributed by atoms with E-state index < -0.39 is 5.97 Å². The predicted molar refractivity (Wildman–Crippen MR) is 81.1 cm³/mol. The summed E-state index contributed by atoms with van der Waals surface area (Å²) in [7, 11) is 1.65. The van der Waals surface area contributed by atoms with Crippen LogP contribution in [0.2, 0.25) is 0 Å². The first-order valence-corrected chi connectivity index (χ1v) is 7.22. The molecule has 0 saturated heterocycles. The van der Waals surface area contributed by atoms with Gasteiger partial charge >= 0.3 is 5.97 Å². The van der Waals surface area contributed by atoms with Crippen molar-refractivity contribution in [2.45, 2.75) is 13.3 Å². The van der Waals surface area contributed by atoms with Gasteiger partial charge in [-0.25, -0.2) is 4.98 Å². The molecule has 0 aliphatic heterocycles. The molecule has 108 valence electrons. The minimum Gasteiger partial charge on any atom is -0.496 e. The highest BCUT2D eigenvalue weighted by atomic mass is 32.1. The Labute approximate surface area is 125 Å². The molecule has 0 unspecified atom stereocenters. The van der Waals surface area contributed by atoms with Crippen molar-refractivity contribution < 1.29 is 14.6 Å². The van der Waals surface area contributed by atoms with Crippen LogP contribution in [0.15, 0.2) is 30.6 Å². The molecule has 0 atom stereocenters. The smallest absolute Gasteiger partial charge is 0.308 e. The van der Waals surface area contributed by atoms with Gasteiger partial charge in [0.1, 0.15) is 5.75 Å². The van der Waals surface area contributed by atoms with Crippen LogP contribution in [-0.4, -0.2) is 27.6 Å². The summed E-state index contributed by atoms with van der Waals surface area (Å²) in [6, 6.07) is 5.92. The minimum atomic E-state index is -0.828. The van der Waals surface area contributed by atoms with Gasteiger partial charge in [0.05, 0.1) is 19.2 Å². The monoisotopic (exact) mass is 302 g/mol. The lowest BCUT2D eigenvalue weighted by atomic mass is 10.1. The van der Waals surface area contributed by atoms with E-state index in [1.54, 1.807) is 7.11 Å². The van der Waals surface area contributed by atoms with Crippen molar-refractivity contribution in [3.8, 4) is 17.0 Å². The van der Waals surface area contributed by atoms with Crippen LogP contribution in [0.5, 0.6) is 5.75 Å². The summed E-state index contributed by atoms with van der Waals surface area (Å²) in [5, 5.41) is 8.81. The molecule has 0 fully saturated rings. The lowest BCUT2D eigenvalue weighted by Gasteiger charge is -2.05. The zero-order valence-electron chi connectivity index (χ0n) is 11.7. The molecule has 0 amide bonds. The fourth-order valence-corrected chi connectivity index (χ4v) is 3.20. The van der Waals surface area contributed by atoms with Crippen molar-refractivity contribution in [3.63, 3.8) is 0 Å². The summed E-state index contributed by atoms with van der Waals surface area (Å²) in [5.74, 6) is 0.0222. The molecule has 2 aromatic heterocycles. The zero-order chi connectivity index (χ0) is 15.0. The number of fused-ring (bicyclic) bond motifs is 1. The number of aromatic nitrogens is 2. The van der Waals surface area contributed by atoms with Gasteiger partial charge in [-0.05, 0) is 30.7 Å².